The van der Waals surface area contributed by atoms with Crippen LogP contribution >= 0.6 is 0 Å². The van der Waals surface area contributed by atoms with Crippen LogP contribution in [0.2, 0.25) is 0 Å². The van der Waals surface area contributed by atoms with Crippen LogP contribution in [0.5, 0.6) is 0 Å². The van der Waals surface area contributed by atoms with Crippen LogP contribution in [-0.2, 0) is 25.8 Å². The summed E-state index contributed by atoms with van der Waals surface area (Å²) < 4.78 is 0. The maximum atomic E-state index is 3.76. The Morgan fingerprint density at radius 3 is 2.44 bits per heavy atom. The number of benzene rings is 2. The van der Waals surface area contributed by atoms with Crippen LogP contribution < -0.4 is 10.6 Å². The van der Waals surface area contributed by atoms with Crippen molar-refractivity contribution >= 4 is 11.8 Å². The molecule has 2 aromatic rings. The highest BCUT2D eigenvalue weighted by atomic mass is 14.9. The van der Waals surface area contributed by atoms with E-state index in [0.717, 1.165) is 32.4 Å². The SMILES string of the molecule is C=CNCc1c(C)cc(C2=Cc3cc(CC)cc(CC)c3CCN2)cc1C. The number of hydrogen-bond donors (Lipinski definition) is 2. The van der Waals surface area contributed by atoms with Crippen molar-refractivity contribution in [2.45, 2.75) is 53.5 Å². The average molecular weight is 361 g/mol. The van der Waals surface area contributed by atoms with E-state index in [1.54, 1.807) is 6.20 Å². The van der Waals surface area contributed by atoms with E-state index in [-0.39, 0.29) is 0 Å². The molecule has 2 aromatic carbocycles. The number of rotatable bonds is 6. The Bertz CT molecular complexity index is 851. The predicted molar refractivity (Wildman–Crippen MR) is 118 cm³/mol. The normalized spacial score (nSPS) is 13.3. The van der Waals surface area contributed by atoms with E-state index < -0.39 is 0 Å². The van der Waals surface area contributed by atoms with Gasteiger partial charge in [0, 0.05) is 18.8 Å². The Hall–Kier alpha value is -2.48. The van der Waals surface area contributed by atoms with Crippen LogP contribution in [-0.4, -0.2) is 6.54 Å². The third-order valence-corrected chi connectivity index (χ3v) is 5.65. The van der Waals surface area contributed by atoms with Gasteiger partial charge in [-0.2, -0.15) is 0 Å². The first kappa shape index (κ1) is 19.3. The molecule has 0 spiro atoms. The third-order valence-electron chi connectivity index (χ3n) is 5.65. The van der Waals surface area contributed by atoms with Gasteiger partial charge in [-0.25, -0.2) is 0 Å². The quantitative estimate of drug-likeness (QED) is 0.730. The fourth-order valence-electron chi connectivity index (χ4n) is 4.09. The molecule has 2 nitrogen and oxygen atoms in total. The zero-order valence-corrected chi connectivity index (χ0v) is 17.2. The molecule has 3 rings (SSSR count). The Morgan fingerprint density at radius 2 is 1.81 bits per heavy atom. The number of aryl methyl sites for hydroxylation is 4. The average Bonchev–Trinajstić information content (AvgIpc) is 2.88. The fraction of sp³-hybridized carbons (Fsp3) is 0.360. The van der Waals surface area contributed by atoms with Gasteiger partial charge in [-0.3, -0.25) is 0 Å². The highest BCUT2D eigenvalue weighted by Gasteiger charge is 2.15. The molecule has 0 aliphatic carbocycles. The summed E-state index contributed by atoms with van der Waals surface area (Å²) in [6, 6.07) is 9.39. The standard InChI is InChI=1S/C25H32N2/c1-6-19-13-20(7-2)23-9-10-27-25(15-21(23)14-19)22-11-17(4)24(16-26-8-3)18(5)12-22/h8,11-15,26-27H,3,6-7,9-10,16H2,1-2,4-5H3. The number of hydrogen-bond acceptors (Lipinski definition) is 2. The second kappa shape index (κ2) is 8.47. The van der Waals surface area contributed by atoms with Crippen LogP contribution in [0.15, 0.2) is 37.0 Å². The molecular formula is C25H32N2. The first-order valence-corrected chi connectivity index (χ1v) is 10.1. The van der Waals surface area contributed by atoms with Crippen molar-refractivity contribution in [2.75, 3.05) is 6.54 Å². The van der Waals surface area contributed by atoms with Gasteiger partial charge in [-0.15, -0.1) is 0 Å². The van der Waals surface area contributed by atoms with Gasteiger partial charge < -0.3 is 10.6 Å². The van der Waals surface area contributed by atoms with Gasteiger partial charge in [-0.05, 0) is 102 Å². The van der Waals surface area contributed by atoms with Crippen molar-refractivity contribution in [1.82, 2.24) is 10.6 Å². The molecule has 0 fully saturated rings. The van der Waals surface area contributed by atoms with E-state index in [1.165, 1.54) is 50.2 Å². The molecular weight excluding hydrogens is 328 g/mol. The molecule has 0 bridgehead atoms. The van der Waals surface area contributed by atoms with Gasteiger partial charge in [0.1, 0.15) is 0 Å². The Kier molecular flexibility index (Phi) is 6.05. The molecule has 2 heteroatoms. The molecule has 0 saturated carbocycles. The largest absolute Gasteiger partial charge is 0.387 e. The predicted octanol–water partition coefficient (Wildman–Crippen LogP) is 5.31. The maximum absolute atomic E-state index is 3.76. The van der Waals surface area contributed by atoms with Crippen molar-refractivity contribution < 1.29 is 0 Å². The van der Waals surface area contributed by atoms with Crippen LogP contribution in [0.1, 0.15) is 58.4 Å². The van der Waals surface area contributed by atoms with E-state index in [2.05, 4.69) is 75.2 Å². The maximum Gasteiger partial charge on any atom is 0.0420 e. The summed E-state index contributed by atoms with van der Waals surface area (Å²) in [7, 11) is 0. The molecule has 0 radical (unpaired) electrons. The second-order valence-corrected chi connectivity index (χ2v) is 7.44. The molecule has 1 heterocycles. The summed E-state index contributed by atoms with van der Waals surface area (Å²) in [5.41, 5.74) is 12.3. The van der Waals surface area contributed by atoms with E-state index in [9.17, 15) is 0 Å². The van der Waals surface area contributed by atoms with Crippen LogP contribution in [0.3, 0.4) is 0 Å². The summed E-state index contributed by atoms with van der Waals surface area (Å²) in [6.45, 7) is 14.5. The highest BCUT2D eigenvalue weighted by Crippen LogP contribution is 2.28. The van der Waals surface area contributed by atoms with Crippen molar-refractivity contribution in [3.05, 3.63) is 81.6 Å². The number of nitrogens with one attached hydrogen (secondary N) is 2. The summed E-state index contributed by atoms with van der Waals surface area (Å²) in [4.78, 5) is 0. The molecule has 0 unspecified atom stereocenters. The van der Waals surface area contributed by atoms with E-state index in [0.29, 0.717) is 0 Å². The lowest BCUT2D eigenvalue weighted by Gasteiger charge is -2.15. The first-order valence-electron chi connectivity index (χ1n) is 10.1. The minimum absolute atomic E-state index is 0.830. The van der Waals surface area contributed by atoms with E-state index in [1.807, 2.05) is 0 Å². The minimum atomic E-state index is 0.830. The van der Waals surface area contributed by atoms with Crippen LogP contribution in [0, 0.1) is 13.8 Å². The van der Waals surface area contributed by atoms with E-state index in [4.69, 9.17) is 0 Å². The zero-order chi connectivity index (χ0) is 19.4. The Morgan fingerprint density at radius 1 is 1.07 bits per heavy atom. The van der Waals surface area contributed by atoms with Gasteiger partial charge in [0.25, 0.3) is 0 Å². The summed E-state index contributed by atoms with van der Waals surface area (Å²) >= 11 is 0. The summed E-state index contributed by atoms with van der Waals surface area (Å²) in [5.74, 6) is 0. The zero-order valence-electron chi connectivity index (χ0n) is 17.2. The number of fused-ring (bicyclic) bond motifs is 1. The lowest BCUT2D eigenvalue weighted by Crippen LogP contribution is -2.15. The topological polar surface area (TPSA) is 24.1 Å². The van der Waals surface area contributed by atoms with Gasteiger partial charge >= 0.3 is 0 Å². The molecule has 0 amide bonds. The molecule has 1 aliphatic rings. The lowest BCUT2D eigenvalue weighted by molar-refractivity contribution is 0.841. The van der Waals surface area contributed by atoms with Crippen molar-refractivity contribution in [3.8, 4) is 0 Å². The summed E-state index contributed by atoms with van der Waals surface area (Å²) in [5, 5.41) is 6.91. The van der Waals surface area contributed by atoms with Crippen LogP contribution in [0.4, 0.5) is 0 Å². The molecule has 0 saturated heterocycles. The highest BCUT2D eigenvalue weighted by molar-refractivity contribution is 5.83. The monoisotopic (exact) mass is 360 g/mol. The lowest BCUT2D eigenvalue weighted by atomic mass is 9.92. The molecule has 1 aliphatic heterocycles. The molecule has 27 heavy (non-hydrogen) atoms. The summed E-state index contributed by atoms with van der Waals surface area (Å²) in [6.07, 6.45) is 7.39. The molecule has 0 atom stereocenters. The fourth-order valence-corrected chi connectivity index (χ4v) is 4.09. The molecule has 0 aromatic heterocycles. The van der Waals surface area contributed by atoms with Gasteiger partial charge in [0.05, 0.1) is 0 Å². The first-order chi connectivity index (χ1) is 13.1. The Balaban J connectivity index is 2.05. The molecule has 2 N–H and O–H groups in total. The Labute approximate surface area is 164 Å². The van der Waals surface area contributed by atoms with Gasteiger partial charge in [0.15, 0.2) is 0 Å². The van der Waals surface area contributed by atoms with E-state index >= 15 is 0 Å². The third kappa shape index (κ3) is 4.10. The van der Waals surface area contributed by atoms with Gasteiger partial charge in [0.2, 0.25) is 0 Å². The van der Waals surface area contributed by atoms with Crippen molar-refractivity contribution in [1.29, 1.82) is 0 Å². The minimum Gasteiger partial charge on any atom is -0.387 e. The van der Waals surface area contributed by atoms with Crippen LogP contribution in [0.25, 0.3) is 11.8 Å². The van der Waals surface area contributed by atoms with Crippen molar-refractivity contribution in [2.24, 2.45) is 0 Å². The molecule has 142 valence electrons. The smallest absolute Gasteiger partial charge is 0.0420 e. The second-order valence-electron chi connectivity index (χ2n) is 7.44. The van der Waals surface area contributed by atoms with Crippen molar-refractivity contribution in [3.63, 3.8) is 0 Å². The van der Waals surface area contributed by atoms with Gasteiger partial charge in [-0.1, -0.05) is 32.6 Å².